The molecule has 164 valence electrons. The summed E-state index contributed by atoms with van der Waals surface area (Å²) in [5, 5.41) is 3.87. The van der Waals surface area contributed by atoms with Crippen LogP contribution in [0.5, 0.6) is 0 Å². The van der Waals surface area contributed by atoms with Gasteiger partial charge in [0.2, 0.25) is 0 Å². The van der Waals surface area contributed by atoms with E-state index in [1.165, 1.54) is 69.4 Å². The van der Waals surface area contributed by atoms with Crippen LogP contribution in [0.3, 0.4) is 0 Å². The molecule has 0 saturated carbocycles. The first-order valence-corrected chi connectivity index (χ1v) is 12.0. The fourth-order valence-electron chi connectivity index (χ4n) is 4.90. The van der Waals surface area contributed by atoms with Gasteiger partial charge in [0.25, 0.3) is 0 Å². The second-order valence-corrected chi connectivity index (χ2v) is 9.17. The van der Waals surface area contributed by atoms with Gasteiger partial charge in [-0.2, -0.15) is 0 Å². The SMILES string of the molecule is CCCCCCCCN1CCCNC1C(C)(C)N(c1ccccc1)c1ccccc1. The molecule has 1 atom stereocenters. The lowest BCUT2D eigenvalue weighted by Gasteiger charge is -2.51. The zero-order valence-corrected chi connectivity index (χ0v) is 19.3. The molecule has 1 saturated heterocycles. The van der Waals surface area contributed by atoms with Crippen LogP contribution in [0.1, 0.15) is 65.7 Å². The third-order valence-corrected chi connectivity index (χ3v) is 6.40. The highest BCUT2D eigenvalue weighted by Crippen LogP contribution is 2.36. The van der Waals surface area contributed by atoms with Crippen LogP contribution >= 0.6 is 0 Å². The van der Waals surface area contributed by atoms with Crippen molar-refractivity contribution in [2.75, 3.05) is 24.5 Å². The van der Waals surface area contributed by atoms with Crippen molar-refractivity contribution < 1.29 is 0 Å². The number of nitrogens with one attached hydrogen (secondary N) is 1. The van der Waals surface area contributed by atoms with Gasteiger partial charge in [-0.3, -0.25) is 10.2 Å². The van der Waals surface area contributed by atoms with Gasteiger partial charge in [-0.15, -0.1) is 0 Å². The van der Waals surface area contributed by atoms with Crippen LogP contribution in [-0.4, -0.2) is 36.2 Å². The molecule has 1 heterocycles. The summed E-state index contributed by atoms with van der Waals surface area (Å²) in [6.07, 6.45) is 9.68. The zero-order valence-electron chi connectivity index (χ0n) is 19.3. The quantitative estimate of drug-likeness (QED) is 0.424. The highest BCUT2D eigenvalue weighted by molar-refractivity contribution is 5.65. The van der Waals surface area contributed by atoms with Crippen LogP contribution in [0, 0.1) is 0 Å². The Morgan fingerprint density at radius 3 is 2.03 bits per heavy atom. The predicted octanol–water partition coefficient (Wildman–Crippen LogP) is 6.59. The number of anilines is 2. The third kappa shape index (κ3) is 5.86. The van der Waals surface area contributed by atoms with Gasteiger partial charge in [-0.25, -0.2) is 0 Å². The average molecular weight is 408 g/mol. The first kappa shape index (κ1) is 22.8. The van der Waals surface area contributed by atoms with Crippen LogP contribution in [0.4, 0.5) is 11.4 Å². The van der Waals surface area contributed by atoms with Gasteiger partial charge in [-0.1, -0.05) is 75.4 Å². The van der Waals surface area contributed by atoms with E-state index in [2.05, 4.69) is 96.6 Å². The van der Waals surface area contributed by atoms with Crippen molar-refractivity contribution in [2.24, 2.45) is 0 Å². The summed E-state index contributed by atoms with van der Waals surface area (Å²) in [5.74, 6) is 0. The predicted molar refractivity (Wildman–Crippen MR) is 130 cm³/mol. The minimum absolute atomic E-state index is 0.0919. The van der Waals surface area contributed by atoms with Crippen molar-refractivity contribution in [3.05, 3.63) is 60.7 Å². The number of para-hydroxylation sites is 2. The highest BCUT2D eigenvalue weighted by atomic mass is 15.4. The summed E-state index contributed by atoms with van der Waals surface area (Å²) in [6.45, 7) is 10.5. The molecule has 1 fully saturated rings. The molecular formula is C27H41N3. The number of rotatable bonds is 11. The van der Waals surface area contributed by atoms with Gasteiger partial charge in [0.05, 0.1) is 11.7 Å². The Kier molecular flexibility index (Phi) is 8.77. The summed E-state index contributed by atoms with van der Waals surface area (Å²) in [5.41, 5.74) is 2.41. The Bertz CT molecular complexity index is 674. The van der Waals surface area contributed by atoms with E-state index in [4.69, 9.17) is 0 Å². The second kappa shape index (κ2) is 11.5. The molecular weight excluding hydrogens is 366 g/mol. The topological polar surface area (TPSA) is 18.5 Å². The highest BCUT2D eigenvalue weighted by Gasteiger charge is 2.40. The smallest absolute Gasteiger partial charge is 0.0835 e. The van der Waals surface area contributed by atoms with Crippen molar-refractivity contribution >= 4 is 11.4 Å². The van der Waals surface area contributed by atoms with Crippen molar-refractivity contribution in [2.45, 2.75) is 77.4 Å². The standard InChI is InChI=1S/C27H41N3/c1-4-5-6-7-8-15-22-29-23-16-21-28-26(29)27(2,3)30(24-17-11-9-12-18-24)25-19-13-10-14-20-25/h9-14,17-20,26,28H,4-8,15-16,21-23H2,1-3H3. The number of benzene rings is 2. The summed E-state index contributed by atoms with van der Waals surface area (Å²) >= 11 is 0. The lowest BCUT2D eigenvalue weighted by Crippen LogP contribution is -2.66. The van der Waals surface area contributed by atoms with E-state index in [0.717, 1.165) is 6.54 Å². The third-order valence-electron chi connectivity index (χ3n) is 6.40. The molecule has 0 amide bonds. The minimum Gasteiger partial charge on any atom is -0.333 e. The molecule has 1 aliphatic rings. The number of unbranched alkanes of at least 4 members (excludes halogenated alkanes) is 5. The summed E-state index contributed by atoms with van der Waals surface area (Å²) in [7, 11) is 0. The van der Waals surface area contributed by atoms with Gasteiger partial charge in [0, 0.05) is 17.9 Å². The maximum atomic E-state index is 3.87. The molecule has 3 rings (SSSR count). The van der Waals surface area contributed by atoms with E-state index < -0.39 is 0 Å². The zero-order chi connectivity index (χ0) is 21.2. The molecule has 3 nitrogen and oxygen atoms in total. The van der Waals surface area contributed by atoms with Crippen LogP contribution in [0.15, 0.2) is 60.7 Å². The van der Waals surface area contributed by atoms with Gasteiger partial charge in [0.1, 0.15) is 0 Å². The van der Waals surface area contributed by atoms with Crippen molar-refractivity contribution in [3.63, 3.8) is 0 Å². The van der Waals surface area contributed by atoms with E-state index in [1.54, 1.807) is 0 Å². The molecule has 3 heteroatoms. The number of nitrogens with zero attached hydrogens (tertiary/aromatic N) is 2. The van der Waals surface area contributed by atoms with Crippen LogP contribution in [0.2, 0.25) is 0 Å². The van der Waals surface area contributed by atoms with Gasteiger partial charge in [-0.05, 0) is 64.0 Å². The largest absolute Gasteiger partial charge is 0.333 e. The summed E-state index contributed by atoms with van der Waals surface area (Å²) < 4.78 is 0. The van der Waals surface area contributed by atoms with Gasteiger partial charge >= 0.3 is 0 Å². The van der Waals surface area contributed by atoms with Crippen molar-refractivity contribution in [1.82, 2.24) is 10.2 Å². The lowest BCUT2D eigenvalue weighted by molar-refractivity contribution is 0.0770. The Balaban J connectivity index is 1.78. The lowest BCUT2D eigenvalue weighted by atomic mass is 9.93. The molecule has 1 aliphatic heterocycles. The maximum Gasteiger partial charge on any atom is 0.0835 e. The van der Waals surface area contributed by atoms with Gasteiger partial charge in [0.15, 0.2) is 0 Å². The minimum atomic E-state index is -0.0919. The van der Waals surface area contributed by atoms with Crippen molar-refractivity contribution in [1.29, 1.82) is 0 Å². The fourth-order valence-corrected chi connectivity index (χ4v) is 4.90. The Hall–Kier alpha value is -1.84. The Labute approximate surface area is 184 Å². The molecule has 0 radical (unpaired) electrons. The Morgan fingerprint density at radius 2 is 1.43 bits per heavy atom. The average Bonchev–Trinajstić information content (AvgIpc) is 2.78. The van der Waals surface area contributed by atoms with Crippen LogP contribution in [-0.2, 0) is 0 Å². The number of hydrogen-bond acceptors (Lipinski definition) is 3. The molecule has 30 heavy (non-hydrogen) atoms. The Morgan fingerprint density at radius 1 is 0.867 bits per heavy atom. The molecule has 0 aromatic heterocycles. The summed E-state index contributed by atoms with van der Waals surface area (Å²) in [6, 6.07) is 21.7. The number of hydrogen-bond donors (Lipinski definition) is 1. The first-order chi connectivity index (χ1) is 14.6. The van der Waals surface area contributed by atoms with E-state index >= 15 is 0 Å². The van der Waals surface area contributed by atoms with E-state index in [-0.39, 0.29) is 5.54 Å². The molecule has 1 N–H and O–H groups in total. The normalized spacial score (nSPS) is 17.8. The molecule has 2 aromatic rings. The van der Waals surface area contributed by atoms with Crippen LogP contribution in [0.25, 0.3) is 0 Å². The second-order valence-electron chi connectivity index (χ2n) is 9.17. The van der Waals surface area contributed by atoms with E-state index in [9.17, 15) is 0 Å². The molecule has 0 aliphatic carbocycles. The van der Waals surface area contributed by atoms with E-state index in [0.29, 0.717) is 6.17 Å². The monoisotopic (exact) mass is 407 g/mol. The van der Waals surface area contributed by atoms with Crippen molar-refractivity contribution in [3.8, 4) is 0 Å². The molecule has 0 spiro atoms. The fraction of sp³-hybridized carbons (Fsp3) is 0.556. The van der Waals surface area contributed by atoms with Crippen LogP contribution < -0.4 is 10.2 Å². The maximum absolute atomic E-state index is 3.87. The molecule has 1 unspecified atom stereocenters. The molecule has 2 aromatic carbocycles. The van der Waals surface area contributed by atoms with E-state index in [1.807, 2.05) is 0 Å². The van der Waals surface area contributed by atoms with Gasteiger partial charge < -0.3 is 4.90 Å². The first-order valence-electron chi connectivity index (χ1n) is 12.0. The summed E-state index contributed by atoms with van der Waals surface area (Å²) in [4.78, 5) is 5.21. The molecule has 0 bridgehead atoms.